The molecule has 2 rings (SSSR count). The van der Waals surface area contributed by atoms with E-state index in [2.05, 4.69) is 33.7 Å². The molecule has 2 heterocycles. The number of carboxylic acid groups (broad SMARTS) is 1. The molecule has 0 aromatic carbocycles. The topological polar surface area (TPSA) is 63.6 Å². The minimum absolute atomic E-state index is 0.252. The summed E-state index contributed by atoms with van der Waals surface area (Å²) >= 11 is 5.81. The second-order valence-corrected chi connectivity index (χ2v) is 11.7. The fourth-order valence-corrected chi connectivity index (χ4v) is 4.76. The summed E-state index contributed by atoms with van der Waals surface area (Å²) in [6, 6.07) is 6.78. The number of carbonyl (C=O) groups is 2. The molecule has 0 aliphatic carbocycles. The van der Waals surface area contributed by atoms with Crippen LogP contribution in [-0.4, -0.2) is 23.1 Å². The van der Waals surface area contributed by atoms with E-state index in [0.717, 1.165) is 15.1 Å². The average molecular weight is 507 g/mol. The molecule has 1 unspecified atom stereocenters. The van der Waals surface area contributed by atoms with Gasteiger partial charge >= 0.3 is 11.9 Å². The number of hydrogen-bond acceptors (Lipinski definition) is 5. The van der Waals surface area contributed by atoms with Gasteiger partial charge in [0.2, 0.25) is 0 Å². The number of halogens is 1. The van der Waals surface area contributed by atoms with Crippen LogP contribution in [0.3, 0.4) is 0 Å². The van der Waals surface area contributed by atoms with E-state index in [0.29, 0.717) is 22.6 Å². The number of esters is 1. The standard InChI is InChI=1S/C23H23BrO4S2/c1-6-22(2,3)13-15(28-21(27)18-9-10-19(24)30-18)14-23(4,5)12-11-16-7-8-17(29-16)20(25)26/h1,7-10,15H,13-14H2,2-5H3,(H,25,26). The largest absolute Gasteiger partial charge is 0.477 e. The van der Waals surface area contributed by atoms with Crippen molar-refractivity contribution in [2.24, 2.45) is 10.8 Å². The summed E-state index contributed by atoms with van der Waals surface area (Å²) in [5.41, 5.74) is -0.909. The first-order chi connectivity index (χ1) is 13.9. The summed E-state index contributed by atoms with van der Waals surface area (Å²) in [6.45, 7) is 7.81. The molecular formula is C23H23BrO4S2. The van der Waals surface area contributed by atoms with Gasteiger partial charge in [-0.15, -0.1) is 35.0 Å². The Kier molecular flexibility index (Phi) is 7.93. The molecule has 2 aromatic heterocycles. The van der Waals surface area contributed by atoms with Gasteiger partial charge in [-0.1, -0.05) is 11.8 Å². The Bertz CT molecular complexity index is 1030. The van der Waals surface area contributed by atoms with Gasteiger partial charge in [0.25, 0.3) is 0 Å². The quantitative estimate of drug-likeness (QED) is 0.352. The fourth-order valence-electron chi connectivity index (χ4n) is 2.79. The lowest BCUT2D eigenvalue weighted by molar-refractivity contribution is 0.0141. The zero-order valence-corrected chi connectivity index (χ0v) is 20.5. The maximum atomic E-state index is 12.6. The summed E-state index contributed by atoms with van der Waals surface area (Å²) < 4.78 is 6.68. The normalized spacial score (nSPS) is 12.4. The zero-order valence-electron chi connectivity index (χ0n) is 17.2. The molecule has 0 fully saturated rings. The van der Waals surface area contributed by atoms with Crippen molar-refractivity contribution in [2.75, 3.05) is 0 Å². The lowest BCUT2D eigenvalue weighted by atomic mass is 9.80. The average Bonchev–Trinajstić information content (AvgIpc) is 3.28. The number of ether oxygens (including phenoxy) is 1. The minimum Gasteiger partial charge on any atom is -0.477 e. The number of aromatic carboxylic acids is 1. The molecule has 1 atom stereocenters. The Morgan fingerprint density at radius 3 is 2.27 bits per heavy atom. The lowest BCUT2D eigenvalue weighted by Crippen LogP contribution is -2.29. The Morgan fingerprint density at radius 2 is 1.73 bits per heavy atom. The van der Waals surface area contributed by atoms with Crippen LogP contribution in [0.25, 0.3) is 0 Å². The third-order valence-electron chi connectivity index (χ3n) is 4.26. The Labute approximate surface area is 193 Å². The van der Waals surface area contributed by atoms with Gasteiger partial charge in [0.05, 0.1) is 8.66 Å². The van der Waals surface area contributed by atoms with Crippen LogP contribution in [0.4, 0.5) is 0 Å². The minimum atomic E-state index is -0.962. The number of terminal acetylenes is 1. The highest BCUT2D eigenvalue weighted by Crippen LogP contribution is 2.32. The summed E-state index contributed by atoms with van der Waals surface area (Å²) in [4.78, 5) is 25.1. The summed E-state index contributed by atoms with van der Waals surface area (Å²) in [6.07, 6.45) is 6.25. The molecule has 30 heavy (non-hydrogen) atoms. The van der Waals surface area contributed by atoms with Gasteiger partial charge in [-0.05, 0) is 67.9 Å². The predicted octanol–water partition coefficient (Wildman–Crippen LogP) is 6.31. The molecule has 0 aliphatic rings. The molecule has 4 nitrogen and oxygen atoms in total. The van der Waals surface area contributed by atoms with Gasteiger partial charge in [-0.3, -0.25) is 0 Å². The van der Waals surface area contributed by atoms with Crippen molar-refractivity contribution in [3.8, 4) is 24.2 Å². The van der Waals surface area contributed by atoms with Crippen LogP contribution in [0.1, 0.15) is 64.8 Å². The van der Waals surface area contributed by atoms with Gasteiger partial charge in [0.15, 0.2) is 0 Å². The van der Waals surface area contributed by atoms with Gasteiger partial charge in [-0.2, -0.15) is 0 Å². The van der Waals surface area contributed by atoms with Crippen molar-refractivity contribution in [2.45, 2.75) is 46.6 Å². The van der Waals surface area contributed by atoms with E-state index >= 15 is 0 Å². The van der Waals surface area contributed by atoms with Crippen LogP contribution in [0, 0.1) is 35.0 Å². The number of hydrogen-bond donors (Lipinski definition) is 1. The fraction of sp³-hybridized carbons (Fsp3) is 0.391. The van der Waals surface area contributed by atoms with Crippen LogP contribution >= 0.6 is 38.6 Å². The highest BCUT2D eigenvalue weighted by atomic mass is 79.9. The number of carbonyl (C=O) groups excluding carboxylic acids is 1. The highest BCUT2D eigenvalue weighted by Gasteiger charge is 2.30. The van der Waals surface area contributed by atoms with Crippen LogP contribution in [0.15, 0.2) is 28.1 Å². The van der Waals surface area contributed by atoms with Crippen molar-refractivity contribution in [1.29, 1.82) is 0 Å². The molecule has 0 spiro atoms. The van der Waals surface area contributed by atoms with E-state index in [4.69, 9.17) is 16.3 Å². The molecule has 0 amide bonds. The number of rotatable bonds is 7. The molecule has 1 N–H and O–H groups in total. The van der Waals surface area contributed by atoms with E-state index in [1.807, 2.05) is 33.8 Å². The first-order valence-corrected chi connectivity index (χ1v) is 11.6. The maximum Gasteiger partial charge on any atom is 0.348 e. The van der Waals surface area contributed by atoms with Crippen LogP contribution in [0.2, 0.25) is 0 Å². The molecule has 0 bridgehead atoms. The van der Waals surface area contributed by atoms with Crippen molar-refractivity contribution in [1.82, 2.24) is 0 Å². The van der Waals surface area contributed by atoms with Crippen molar-refractivity contribution < 1.29 is 19.4 Å². The molecule has 158 valence electrons. The van der Waals surface area contributed by atoms with Crippen LogP contribution < -0.4 is 0 Å². The first kappa shape index (κ1) is 24.2. The van der Waals surface area contributed by atoms with E-state index in [-0.39, 0.29) is 10.8 Å². The van der Waals surface area contributed by atoms with Gasteiger partial charge in [0, 0.05) is 23.7 Å². The van der Waals surface area contributed by atoms with E-state index in [1.165, 1.54) is 11.3 Å². The molecular weight excluding hydrogens is 484 g/mol. The molecule has 0 saturated carbocycles. The molecule has 0 aliphatic heterocycles. The predicted molar refractivity (Wildman–Crippen MR) is 125 cm³/mol. The maximum absolute atomic E-state index is 12.6. The molecule has 0 saturated heterocycles. The Balaban J connectivity index is 2.18. The number of carboxylic acids is 1. The van der Waals surface area contributed by atoms with Crippen molar-refractivity contribution in [3.63, 3.8) is 0 Å². The Morgan fingerprint density at radius 1 is 1.10 bits per heavy atom. The third kappa shape index (κ3) is 7.32. The smallest absolute Gasteiger partial charge is 0.348 e. The Hall–Kier alpha value is -2.06. The second kappa shape index (κ2) is 9.83. The van der Waals surface area contributed by atoms with Crippen molar-refractivity contribution >= 4 is 50.5 Å². The van der Waals surface area contributed by atoms with Gasteiger partial charge in [0.1, 0.15) is 15.9 Å². The highest BCUT2D eigenvalue weighted by molar-refractivity contribution is 9.11. The molecule has 2 aromatic rings. The number of thiophene rings is 2. The SMILES string of the molecule is C#CC(C)(C)CC(CC(C)(C)C#Cc1ccc(C(=O)O)s1)OC(=O)c1ccc(Br)s1. The lowest BCUT2D eigenvalue weighted by Gasteiger charge is -2.29. The van der Waals surface area contributed by atoms with E-state index < -0.39 is 22.9 Å². The van der Waals surface area contributed by atoms with Crippen LogP contribution in [-0.2, 0) is 4.74 Å². The summed E-state index contributed by atoms with van der Waals surface area (Å²) in [7, 11) is 0. The first-order valence-electron chi connectivity index (χ1n) is 9.21. The second-order valence-electron chi connectivity index (χ2n) is 8.17. The third-order valence-corrected chi connectivity index (χ3v) is 6.85. The zero-order chi connectivity index (χ0) is 22.5. The summed E-state index contributed by atoms with van der Waals surface area (Å²) in [5.74, 6) is 7.67. The van der Waals surface area contributed by atoms with Gasteiger partial charge in [-0.25, -0.2) is 9.59 Å². The van der Waals surface area contributed by atoms with Gasteiger partial charge < -0.3 is 9.84 Å². The summed E-state index contributed by atoms with van der Waals surface area (Å²) in [5, 5.41) is 9.05. The van der Waals surface area contributed by atoms with E-state index in [1.54, 1.807) is 18.2 Å². The molecule has 0 radical (unpaired) electrons. The monoisotopic (exact) mass is 506 g/mol. The molecule has 7 heteroatoms. The van der Waals surface area contributed by atoms with E-state index in [9.17, 15) is 9.59 Å². The van der Waals surface area contributed by atoms with Crippen LogP contribution in [0.5, 0.6) is 0 Å². The van der Waals surface area contributed by atoms with Crippen molar-refractivity contribution in [3.05, 3.63) is 42.7 Å².